The summed E-state index contributed by atoms with van der Waals surface area (Å²) in [6, 6.07) is 10.0. The van der Waals surface area contributed by atoms with Crippen molar-refractivity contribution in [3.05, 3.63) is 59.1 Å². The molecule has 8 heteroatoms. The van der Waals surface area contributed by atoms with Gasteiger partial charge in [-0.1, -0.05) is 32.9 Å². The van der Waals surface area contributed by atoms with Crippen LogP contribution in [0.25, 0.3) is 0 Å². The number of aryl methyl sites for hydroxylation is 1. The maximum absolute atomic E-state index is 14.0. The maximum Gasteiger partial charge on any atom is 0.264 e. The number of rotatable bonds is 7. The molecule has 0 aliphatic carbocycles. The molecule has 0 radical (unpaired) electrons. The second kappa shape index (κ2) is 8.13. The van der Waals surface area contributed by atoms with E-state index in [1.807, 2.05) is 32.9 Å². The van der Waals surface area contributed by atoms with Gasteiger partial charge in [0, 0.05) is 18.7 Å². The van der Waals surface area contributed by atoms with Gasteiger partial charge in [0.25, 0.3) is 10.0 Å². The van der Waals surface area contributed by atoms with Gasteiger partial charge in [-0.2, -0.15) is 5.23 Å². The number of benzene rings is 2. The normalized spacial score (nSPS) is 13.0. The first kappa shape index (κ1) is 20.3. The minimum atomic E-state index is -4.03. The Hall–Kier alpha value is -2.00. The Balaban J connectivity index is 2.50. The first-order valence-electron chi connectivity index (χ1n) is 8.31. The van der Waals surface area contributed by atoms with E-state index in [0.717, 1.165) is 30.2 Å². The van der Waals surface area contributed by atoms with Crippen LogP contribution in [0.3, 0.4) is 0 Å². The molecule has 1 unspecified atom stereocenters. The average Bonchev–Trinajstić information content (AvgIpc) is 2.59. The number of hydrogen-bond donors (Lipinski definition) is 2. The highest BCUT2D eigenvalue weighted by Gasteiger charge is 2.27. The number of nitrogens with one attached hydrogen (secondary N) is 1. The van der Waals surface area contributed by atoms with Gasteiger partial charge in [0.2, 0.25) is 0 Å². The van der Waals surface area contributed by atoms with Crippen LogP contribution in [0.1, 0.15) is 26.3 Å². The van der Waals surface area contributed by atoms with Gasteiger partial charge in [-0.15, -0.1) is 0 Å². The summed E-state index contributed by atoms with van der Waals surface area (Å²) in [4.78, 5) is -0.278. The van der Waals surface area contributed by atoms with E-state index in [4.69, 9.17) is 5.21 Å². The largest absolute Gasteiger partial charge is 0.595 e. The zero-order chi connectivity index (χ0) is 19.5. The quantitative estimate of drug-likeness (QED) is 0.721. The third kappa shape index (κ3) is 4.39. The Morgan fingerprint density at radius 3 is 2.27 bits per heavy atom. The second-order valence-corrected chi connectivity index (χ2v) is 8.26. The van der Waals surface area contributed by atoms with Crippen LogP contribution in [0, 0.1) is 16.9 Å². The molecule has 0 heterocycles. The summed E-state index contributed by atoms with van der Waals surface area (Å²) in [5.74, 6) is -1.04. The lowest BCUT2D eigenvalue weighted by atomic mass is 10.1. The van der Waals surface area contributed by atoms with Crippen molar-refractivity contribution in [1.29, 1.82) is 0 Å². The minimum Gasteiger partial charge on any atom is -0.595 e. The van der Waals surface area contributed by atoms with E-state index in [1.54, 1.807) is 12.1 Å². The van der Waals surface area contributed by atoms with Gasteiger partial charge in [-0.05, 0) is 36.1 Å². The number of nitrogens with zero attached hydrogens (tertiary/aromatic N) is 1. The molecule has 6 nitrogen and oxygen atoms in total. The summed E-state index contributed by atoms with van der Waals surface area (Å²) in [5, 5.41) is 18.4. The summed E-state index contributed by atoms with van der Waals surface area (Å²) >= 11 is 0. The zero-order valence-corrected chi connectivity index (χ0v) is 15.8. The SMILES string of the molecule is CCc1ccc(N(CC(C)C)S(=O)(=O)c2ccc([NH+]([O-])O)c(F)c2)cc1. The molecule has 2 aromatic carbocycles. The summed E-state index contributed by atoms with van der Waals surface area (Å²) in [7, 11) is -4.03. The molecule has 0 aliphatic rings. The molecule has 0 spiro atoms. The molecule has 1 atom stereocenters. The van der Waals surface area contributed by atoms with Gasteiger partial charge in [0.15, 0.2) is 11.5 Å². The van der Waals surface area contributed by atoms with Crippen LogP contribution in [0.5, 0.6) is 0 Å². The molecule has 0 aromatic heterocycles. The summed E-state index contributed by atoms with van der Waals surface area (Å²) in [5.41, 5.74) is 0.998. The van der Waals surface area contributed by atoms with E-state index >= 15 is 0 Å². The molecule has 2 N–H and O–H groups in total. The van der Waals surface area contributed by atoms with E-state index in [0.29, 0.717) is 5.69 Å². The van der Waals surface area contributed by atoms with Crippen molar-refractivity contribution in [2.45, 2.75) is 32.1 Å². The first-order valence-corrected chi connectivity index (χ1v) is 9.75. The third-order valence-corrected chi connectivity index (χ3v) is 5.71. The summed E-state index contributed by atoms with van der Waals surface area (Å²) in [6.07, 6.45) is 0.832. The van der Waals surface area contributed by atoms with Crippen LogP contribution in [-0.2, 0) is 16.4 Å². The Morgan fingerprint density at radius 1 is 1.19 bits per heavy atom. The standard InChI is InChI=1S/C18H23FN2O4S/c1-4-14-5-7-15(8-6-14)20(12-13(2)3)26(24,25)16-9-10-18(21(22)23)17(19)11-16/h5-11,13,21-22H,4,12H2,1-3H3. The topological polar surface area (TPSA) is 85.1 Å². The van der Waals surface area contributed by atoms with E-state index in [2.05, 4.69) is 0 Å². The molecule has 0 bridgehead atoms. The predicted molar refractivity (Wildman–Crippen MR) is 97.4 cm³/mol. The van der Waals surface area contributed by atoms with Crippen LogP contribution in [-0.4, -0.2) is 20.2 Å². The monoisotopic (exact) mass is 382 g/mol. The van der Waals surface area contributed by atoms with E-state index in [9.17, 15) is 18.0 Å². The van der Waals surface area contributed by atoms with Gasteiger partial charge in [0.05, 0.1) is 10.6 Å². The molecular formula is C18H23FN2O4S. The molecule has 2 aromatic rings. The number of hydrogen-bond acceptors (Lipinski definition) is 4. The molecule has 0 saturated heterocycles. The zero-order valence-electron chi connectivity index (χ0n) is 14.9. The van der Waals surface area contributed by atoms with E-state index in [-0.39, 0.29) is 17.4 Å². The van der Waals surface area contributed by atoms with E-state index in [1.165, 1.54) is 4.31 Å². The highest BCUT2D eigenvalue weighted by molar-refractivity contribution is 7.92. The van der Waals surface area contributed by atoms with Gasteiger partial charge >= 0.3 is 0 Å². The minimum absolute atomic E-state index is 0.0405. The second-order valence-electron chi connectivity index (χ2n) is 6.40. The number of quaternary nitrogens is 1. The fraction of sp³-hybridized carbons (Fsp3) is 0.333. The van der Waals surface area contributed by atoms with Crippen molar-refractivity contribution >= 4 is 21.4 Å². The highest BCUT2D eigenvalue weighted by Crippen LogP contribution is 2.27. The Kier molecular flexibility index (Phi) is 6.35. The molecule has 0 saturated carbocycles. The van der Waals surface area contributed by atoms with E-state index < -0.39 is 26.8 Å². The van der Waals surface area contributed by atoms with Crippen LogP contribution < -0.4 is 9.53 Å². The summed E-state index contributed by atoms with van der Waals surface area (Å²) in [6.45, 7) is 5.99. The molecule has 0 aliphatic heterocycles. The lowest BCUT2D eigenvalue weighted by Gasteiger charge is -2.26. The van der Waals surface area contributed by atoms with Gasteiger partial charge < -0.3 is 5.21 Å². The Morgan fingerprint density at radius 2 is 1.81 bits per heavy atom. The van der Waals surface area contributed by atoms with Crippen molar-refractivity contribution in [2.75, 3.05) is 10.8 Å². The van der Waals surface area contributed by atoms with Crippen LogP contribution in [0.4, 0.5) is 15.8 Å². The lowest BCUT2D eigenvalue weighted by Crippen LogP contribution is -2.99. The fourth-order valence-corrected chi connectivity index (χ4v) is 4.17. The molecular weight excluding hydrogens is 359 g/mol. The Labute approximate surface area is 153 Å². The summed E-state index contributed by atoms with van der Waals surface area (Å²) < 4.78 is 41.4. The van der Waals surface area contributed by atoms with Crippen molar-refractivity contribution < 1.29 is 23.2 Å². The predicted octanol–water partition coefficient (Wildman–Crippen LogP) is 2.64. The maximum atomic E-state index is 14.0. The van der Waals surface area contributed by atoms with Crippen molar-refractivity contribution in [3.63, 3.8) is 0 Å². The molecule has 2 rings (SSSR count). The smallest absolute Gasteiger partial charge is 0.264 e. The molecule has 142 valence electrons. The fourth-order valence-electron chi connectivity index (χ4n) is 2.53. The number of anilines is 1. The Bertz CT molecular complexity index is 852. The number of halogens is 1. The number of sulfonamides is 1. The van der Waals surface area contributed by atoms with Gasteiger partial charge in [-0.3, -0.25) is 4.31 Å². The van der Waals surface area contributed by atoms with Gasteiger partial charge in [-0.25, -0.2) is 18.0 Å². The van der Waals surface area contributed by atoms with Crippen LogP contribution in [0.2, 0.25) is 0 Å². The molecule has 0 fully saturated rings. The van der Waals surface area contributed by atoms with Crippen molar-refractivity contribution in [2.24, 2.45) is 5.92 Å². The average molecular weight is 382 g/mol. The van der Waals surface area contributed by atoms with Gasteiger partial charge in [0.1, 0.15) is 0 Å². The van der Waals surface area contributed by atoms with Crippen molar-refractivity contribution in [3.8, 4) is 0 Å². The van der Waals surface area contributed by atoms with Crippen LogP contribution >= 0.6 is 0 Å². The van der Waals surface area contributed by atoms with Crippen LogP contribution in [0.15, 0.2) is 47.4 Å². The molecule has 26 heavy (non-hydrogen) atoms. The third-order valence-electron chi connectivity index (χ3n) is 3.92. The first-order chi connectivity index (χ1) is 12.2. The van der Waals surface area contributed by atoms with Crippen molar-refractivity contribution in [1.82, 2.24) is 0 Å². The highest BCUT2D eigenvalue weighted by atomic mass is 32.2. The lowest BCUT2D eigenvalue weighted by molar-refractivity contribution is -0.992. The molecule has 0 amide bonds.